The van der Waals surface area contributed by atoms with Gasteiger partial charge in [0.25, 0.3) is 15.9 Å². The van der Waals surface area contributed by atoms with E-state index < -0.39 is 15.9 Å². The molecule has 0 saturated carbocycles. The van der Waals surface area contributed by atoms with Gasteiger partial charge in [0.1, 0.15) is 0 Å². The summed E-state index contributed by atoms with van der Waals surface area (Å²) < 4.78 is 36.6. The summed E-state index contributed by atoms with van der Waals surface area (Å²) in [6.45, 7) is 3.53. The standard InChI is InChI=1S/C27H27N3O4S2/c1-19-7-5-11-24-25(19)29(17-18-34-2)27(35-24)28-26(31)21-12-14-22(15-13-21)36(32,33)30-16-6-9-20-8-3-4-10-23(20)30/h3-5,7-8,10-15H,6,9,16-18H2,1-2H3. The van der Waals surface area contributed by atoms with Crippen LogP contribution >= 0.6 is 11.3 Å². The van der Waals surface area contributed by atoms with Gasteiger partial charge in [-0.1, -0.05) is 41.7 Å². The van der Waals surface area contributed by atoms with Crippen molar-refractivity contribution in [3.63, 3.8) is 0 Å². The lowest BCUT2D eigenvalue weighted by atomic mass is 10.0. The molecule has 0 spiro atoms. The zero-order valence-corrected chi connectivity index (χ0v) is 21.8. The fraction of sp³-hybridized carbons (Fsp3) is 0.259. The Morgan fingerprint density at radius 1 is 1.06 bits per heavy atom. The van der Waals surface area contributed by atoms with Crippen molar-refractivity contribution < 1.29 is 17.9 Å². The molecule has 7 nitrogen and oxygen atoms in total. The SMILES string of the molecule is COCCn1c(=NC(=O)c2ccc(S(=O)(=O)N3CCCc4ccccc43)cc2)sc2cccc(C)c21. The number of hydrogen-bond acceptors (Lipinski definition) is 5. The first kappa shape index (κ1) is 24.4. The minimum atomic E-state index is -3.74. The number of carbonyl (C=O) groups is 1. The van der Waals surface area contributed by atoms with Crippen LogP contribution in [0.25, 0.3) is 10.2 Å². The molecule has 0 bridgehead atoms. The highest BCUT2D eigenvalue weighted by Crippen LogP contribution is 2.31. The van der Waals surface area contributed by atoms with Crippen LogP contribution in [-0.4, -0.2) is 39.2 Å². The number of aryl methyl sites for hydroxylation is 2. The van der Waals surface area contributed by atoms with Gasteiger partial charge in [0.05, 0.1) is 27.4 Å². The lowest BCUT2D eigenvalue weighted by Crippen LogP contribution is -2.35. The Kier molecular flexibility index (Phi) is 6.79. The second-order valence-electron chi connectivity index (χ2n) is 8.70. The molecule has 1 amide bonds. The second kappa shape index (κ2) is 10.0. The molecule has 4 aromatic rings. The van der Waals surface area contributed by atoms with Crippen molar-refractivity contribution in [1.29, 1.82) is 0 Å². The number of aromatic nitrogens is 1. The molecule has 1 aliphatic rings. The van der Waals surface area contributed by atoms with Crippen LogP contribution in [0.1, 0.15) is 27.9 Å². The molecule has 9 heteroatoms. The summed E-state index contributed by atoms with van der Waals surface area (Å²) >= 11 is 1.45. The van der Waals surface area contributed by atoms with Crippen molar-refractivity contribution in [2.24, 2.45) is 4.99 Å². The van der Waals surface area contributed by atoms with Crippen molar-refractivity contribution in [3.05, 3.63) is 88.2 Å². The predicted octanol–water partition coefficient (Wildman–Crippen LogP) is 4.54. The van der Waals surface area contributed by atoms with Gasteiger partial charge < -0.3 is 9.30 Å². The topological polar surface area (TPSA) is 81.0 Å². The summed E-state index contributed by atoms with van der Waals surface area (Å²) in [6, 6.07) is 19.7. The van der Waals surface area contributed by atoms with Crippen molar-refractivity contribution in [1.82, 2.24) is 4.57 Å². The second-order valence-corrected chi connectivity index (χ2v) is 11.6. The van der Waals surface area contributed by atoms with Gasteiger partial charge in [-0.25, -0.2) is 8.42 Å². The van der Waals surface area contributed by atoms with Crippen LogP contribution in [0, 0.1) is 6.92 Å². The van der Waals surface area contributed by atoms with Gasteiger partial charge in [0.15, 0.2) is 4.80 Å². The van der Waals surface area contributed by atoms with E-state index in [0.717, 1.165) is 39.9 Å². The molecule has 0 fully saturated rings. The van der Waals surface area contributed by atoms with E-state index in [0.29, 0.717) is 30.1 Å². The number of ether oxygens (including phenoxy) is 1. The fourth-order valence-electron chi connectivity index (χ4n) is 4.58. The van der Waals surface area contributed by atoms with Crippen molar-refractivity contribution >= 4 is 43.2 Å². The highest BCUT2D eigenvalue weighted by atomic mass is 32.2. The molecule has 1 aliphatic heterocycles. The van der Waals surface area contributed by atoms with Crippen LogP contribution in [0.15, 0.2) is 76.6 Å². The van der Waals surface area contributed by atoms with Gasteiger partial charge in [-0.05, 0) is 67.3 Å². The van der Waals surface area contributed by atoms with E-state index in [4.69, 9.17) is 4.74 Å². The van der Waals surface area contributed by atoms with E-state index in [-0.39, 0.29) is 4.90 Å². The van der Waals surface area contributed by atoms with Crippen LogP contribution in [0.5, 0.6) is 0 Å². The molecule has 36 heavy (non-hydrogen) atoms. The number of hydrogen-bond donors (Lipinski definition) is 0. The smallest absolute Gasteiger partial charge is 0.279 e. The first-order chi connectivity index (χ1) is 17.4. The van der Waals surface area contributed by atoms with Gasteiger partial charge in [0.2, 0.25) is 0 Å². The maximum Gasteiger partial charge on any atom is 0.279 e. The maximum atomic E-state index is 13.4. The molecule has 3 aromatic carbocycles. The van der Waals surface area contributed by atoms with E-state index in [1.807, 2.05) is 54.0 Å². The monoisotopic (exact) mass is 521 g/mol. The molecule has 0 saturated heterocycles. The maximum absolute atomic E-state index is 13.4. The first-order valence-corrected chi connectivity index (χ1v) is 14.0. The summed E-state index contributed by atoms with van der Waals surface area (Å²) in [5.41, 5.74) is 4.22. The van der Waals surface area contributed by atoms with Crippen LogP contribution in [0.3, 0.4) is 0 Å². The number of thiazole rings is 1. The number of sulfonamides is 1. The van der Waals surface area contributed by atoms with Crippen molar-refractivity contribution in [2.45, 2.75) is 31.2 Å². The number of fused-ring (bicyclic) bond motifs is 2. The zero-order chi connectivity index (χ0) is 25.3. The normalized spacial score (nSPS) is 14.3. The van der Waals surface area contributed by atoms with E-state index in [2.05, 4.69) is 4.99 Å². The fourth-order valence-corrected chi connectivity index (χ4v) is 7.25. The Morgan fingerprint density at radius 3 is 2.61 bits per heavy atom. The molecular formula is C27H27N3O4S2. The van der Waals surface area contributed by atoms with Crippen molar-refractivity contribution in [2.75, 3.05) is 24.6 Å². The highest BCUT2D eigenvalue weighted by molar-refractivity contribution is 7.92. The minimum Gasteiger partial charge on any atom is -0.383 e. The molecule has 0 aliphatic carbocycles. The minimum absolute atomic E-state index is 0.156. The number of amides is 1. The van der Waals surface area contributed by atoms with E-state index in [1.165, 1.54) is 39.9 Å². The predicted molar refractivity (Wildman–Crippen MR) is 142 cm³/mol. The highest BCUT2D eigenvalue weighted by Gasteiger charge is 2.29. The Labute approximate surface area is 214 Å². The molecule has 0 unspecified atom stereocenters. The van der Waals surface area contributed by atoms with Crippen LogP contribution < -0.4 is 9.11 Å². The number of anilines is 1. The Morgan fingerprint density at radius 2 is 1.83 bits per heavy atom. The van der Waals surface area contributed by atoms with Gasteiger partial charge in [-0.2, -0.15) is 4.99 Å². The quantitative estimate of drug-likeness (QED) is 0.373. The van der Waals surface area contributed by atoms with Crippen molar-refractivity contribution in [3.8, 4) is 0 Å². The van der Waals surface area contributed by atoms with E-state index >= 15 is 0 Å². The van der Waals surface area contributed by atoms with Crippen LogP contribution in [0.2, 0.25) is 0 Å². The summed E-state index contributed by atoms with van der Waals surface area (Å²) in [6.07, 6.45) is 1.63. The molecule has 0 N–H and O–H groups in total. The molecule has 186 valence electrons. The van der Waals surface area contributed by atoms with E-state index in [1.54, 1.807) is 7.11 Å². The van der Waals surface area contributed by atoms with Crippen LogP contribution in [0.4, 0.5) is 5.69 Å². The largest absolute Gasteiger partial charge is 0.383 e. The lowest BCUT2D eigenvalue weighted by Gasteiger charge is -2.30. The third kappa shape index (κ3) is 4.50. The summed E-state index contributed by atoms with van der Waals surface area (Å²) in [7, 11) is -2.10. The van der Waals surface area contributed by atoms with Gasteiger partial charge in [-0.15, -0.1) is 0 Å². The Hall–Kier alpha value is -3.27. The summed E-state index contributed by atoms with van der Waals surface area (Å²) in [4.78, 5) is 18.2. The van der Waals surface area contributed by atoms with Gasteiger partial charge >= 0.3 is 0 Å². The number of nitrogens with zero attached hydrogens (tertiary/aromatic N) is 3. The molecule has 0 atom stereocenters. The van der Waals surface area contributed by atoms with Gasteiger partial charge in [-0.3, -0.25) is 9.10 Å². The number of benzene rings is 3. The molecule has 5 rings (SSSR count). The Bertz CT molecular complexity index is 1600. The molecule has 2 heterocycles. The number of carbonyl (C=O) groups excluding carboxylic acids is 1. The van der Waals surface area contributed by atoms with E-state index in [9.17, 15) is 13.2 Å². The average Bonchev–Trinajstić information content (AvgIpc) is 3.25. The third-order valence-corrected chi connectivity index (χ3v) is 9.25. The molecule has 1 aromatic heterocycles. The lowest BCUT2D eigenvalue weighted by molar-refractivity contribution is 0.0997. The number of para-hydroxylation sites is 2. The first-order valence-electron chi connectivity index (χ1n) is 11.8. The average molecular weight is 522 g/mol. The zero-order valence-electron chi connectivity index (χ0n) is 20.2. The molecular weight excluding hydrogens is 494 g/mol. The summed E-state index contributed by atoms with van der Waals surface area (Å²) in [5.74, 6) is -0.419. The molecule has 0 radical (unpaired) electrons. The van der Waals surface area contributed by atoms with Crippen LogP contribution in [-0.2, 0) is 27.7 Å². The number of rotatable bonds is 6. The number of methoxy groups -OCH3 is 1. The summed E-state index contributed by atoms with van der Waals surface area (Å²) in [5, 5.41) is 0. The van der Waals surface area contributed by atoms with Gasteiger partial charge in [0, 0.05) is 25.8 Å². The third-order valence-electron chi connectivity index (χ3n) is 6.38. The Balaban J connectivity index is 1.47.